The molecule has 0 bridgehead atoms. The molecule has 0 saturated carbocycles. The SMILES string of the molecule is COC[C@@]12CCCO[C@H]1CCN(C(=O)Cc1cccc(F)c1)C2. The van der Waals surface area contributed by atoms with Crippen molar-refractivity contribution in [2.24, 2.45) is 5.41 Å². The number of carbonyl (C=O) groups excluding carboxylic acids is 1. The standard InChI is InChI=1S/C18H24FNO3/c1-22-13-18-7-3-9-23-16(18)6-8-20(12-18)17(21)11-14-4-2-5-15(19)10-14/h2,4-5,10,16H,3,6-9,11-13H2,1H3/t16-,18-/m0/s1. The fraction of sp³-hybridized carbons (Fsp3) is 0.611. The molecule has 5 heteroatoms. The van der Waals surface area contributed by atoms with Crippen LogP contribution in [0.4, 0.5) is 4.39 Å². The molecule has 23 heavy (non-hydrogen) atoms. The van der Waals surface area contributed by atoms with Crippen molar-refractivity contribution in [2.75, 3.05) is 33.4 Å². The van der Waals surface area contributed by atoms with Gasteiger partial charge in [0.25, 0.3) is 0 Å². The molecule has 4 nitrogen and oxygen atoms in total. The summed E-state index contributed by atoms with van der Waals surface area (Å²) in [6.07, 6.45) is 3.29. The second-order valence-electron chi connectivity index (χ2n) is 6.67. The maximum absolute atomic E-state index is 13.3. The molecule has 3 rings (SSSR count). The molecule has 2 heterocycles. The Hall–Kier alpha value is -1.46. The third-order valence-electron chi connectivity index (χ3n) is 5.02. The second-order valence-corrected chi connectivity index (χ2v) is 6.67. The molecule has 2 aliphatic rings. The molecule has 0 aliphatic carbocycles. The minimum Gasteiger partial charge on any atom is -0.384 e. The van der Waals surface area contributed by atoms with Gasteiger partial charge >= 0.3 is 0 Å². The summed E-state index contributed by atoms with van der Waals surface area (Å²) >= 11 is 0. The molecule has 0 aromatic heterocycles. The summed E-state index contributed by atoms with van der Waals surface area (Å²) in [6, 6.07) is 6.26. The van der Waals surface area contributed by atoms with E-state index < -0.39 is 0 Å². The zero-order chi connectivity index (χ0) is 16.3. The lowest BCUT2D eigenvalue weighted by Crippen LogP contribution is -2.58. The molecule has 0 unspecified atom stereocenters. The van der Waals surface area contributed by atoms with Crippen LogP contribution < -0.4 is 0 Å². The van der Waals surface area contributed by atoms with Crippen molar-refractivity contribution in [1.29, 1.82) is 0 Å². The van der Waals surface area contributed by atoms with Gasteiger partial charge in [-0.15, -0.1) is 0 Å². The maximum Gasteiger partial charge on any atom is 0.227 e. The quantitative estimate of drug-likeness (QED) is 0.855. The van der Waals surface area contributed by atoms with E-state index >= 15 is 0 Å². The molecule has 1 aromatic carbocycles. The van der Waals surface area contributed by atoms with E-state index in [1.807, 2.05) is 4.90 Å². The highest BCUT2D eigenvalue weighted by Gasteiger charge is 2.46. The van der Waals surface area contributed by atoms with Gasteiger partial charge in [-0.3, -0.25) is 4.79 Å². The van der Waals surface area contributed by atoms with Gasteiger partial charge in [0.15, 0.2) is 0 Å². The summed E-state index contributed by atoms with van der Waals surface area (Å²) in [7, 11) is 1.70. The van der Waals surface area contributed by atoms with Crippen molar-refractivity contribution in [3.8, 4) is 0 Å². The van der Waals surface area contributed by atoms with Crippen LogP contribution in [-0.2, 0) is 20.7 Å². The van der Waals surface area contributed by atoms with Gasteiger partial charge in [-0.25, -0.2) is 4.39 Å². The molecule has 2 atom stereocenters. The van der Waals surface area contributed by atoms with E-state index in [1.54, 1.807) is 19.2 Å². The minimum absolute atomic E-state index is 0.0510. The minimum atomic E-state index is -0.300. The smallest absolute Gasteiger partial charge is 0.227 e. The molecule has 0 radical (unpaired) electrons. The number of fused-ring (bicyclic) bond motifs is 1. The van der Waals surface area contributed by atoms with Crippen molar-refractivity contribution in [3.63, 3.8) is 0 Å². The lowest BCUT2D eigenvalue weighted by Gasteiger charge is -2.50. The fourth-order valence-corrected chi connectivity index (χ4v) is 3.93. The van der Waals surface area contributed by atoms with Gasteiger partial charge in [0.05, 0.1) is 19.1 Å². The van der Waals surface area contributed by atoms with E-state index in [1.165, 1.54) is 12.1 Å². The Labute approximate surface area is 136 Å². The van der Waals surface area contributed by atoms with Crippen molar-refractivity contribution in [1.82, 2.24) is 4.90 Å². The van der Waals surface area contributed by atoms with E-state index in [-0.39, 0.29) is 29.7 Å². The highest BCUT2D eigenvalue weighted by atomic mass is 19.1. The molecule has 2 fully saturated rings. The highest BCUT2D eigenvalue weighted by Crippen LogP contribution is 2.40. The summed E-state index contributed by atoms with van der Waals surface area (Å²) in [5.41, 5.74) is 0.626. The van der Waals surface area contributed by atoms with Crippen molar-refractivity contribution in [2.45, 2.75) is 31.8 Å². The van der Waals surface area contributed by atoms with E-state index in [2.05, 4.69) is 0 Å². The van der Waals surface area contributed by atoms with Crippen molar-refractivity contribution >= 4 is 5.91 Å². The van der Waals surface area contributed by atoms with Gasteiger partial charge in [0.1, 0.15) is 5.82 Å². The summed E-state index contributed by atoms with van der Waals surface area (Å²) in [5.74, 6) is -0.249. The first-order chi connectivity index (χ1) is 11.1. The van der Waals surface area contributed by atoms with Crippen LogP contribution in [0.5, 0.6) is 0 Å². The predicted molar refractivity (Wildman–Crippen MR) is 84.6 cm³/mol. The zero-order valence-corrected chi connectivity index (χ0v) is 13.6. The third kappa shape index (κ3) is 3.56. The van der Waals surface area contributed by atoms with Crippen molar-refractivity contribution < 1.29 is 18.7 Å². The molecule has 1 amide bonds. The number of halogens is 1. The zero-order valence-electron chi connectivity index (χ0n) is 13.6. The highest BCUT2D eigenvalue weighted by molar-refractivity contribution is 5.79. The maximum atomic E-state index is 13.3. The second kappa shape index (κ2) is 6.97. The Kier molecular flexibility index (Phi) is 4.97. The van der Waals surface area contributed by atoms with E-state index in [0.29, 0.717) is 19.7 Å². The first kappa shape index (κ1) is 16.4. The number of benzene rings is 1. The number of likely N-dealkylation sites (tertiary alicyclic amines) is 1. The van der Waals surface area contributed by atoms with E-state index in [4.69, 9.17) is 9.47 Å². The van der Waals surface area contributed by atoms with Gasteiger partial charge in [0, 0.05) is 32.2 Å². The Morgan fingerprint density at radius 1 is 1.52 bits per heavy atom. The number of hydrogen-bond donors (Lipinski definition) is 0. The number of ether oxygens (including phenoxy) is 2. The molecule has 2 saturated heterocycles. The van der Waals surface area contributed by atoms with Crippen LogP contribution in [0, 0.1) is 11.2 Å². The van der Waals surface area contributed by atoms with Crippen LogP contribution in [0.15, 0.2) is 24.3 Å². The van der Waals surface area contributed by atoms with Gasteiger partial charge in [-0.1, -0.05) is 12.1 Å². The number of nitrogens with zero attached hydrogens (tertiary/aromatic N) is 1. The van der Waals surface area contributed by atoms with Gasteiger partial charge in [-0.05, 0) is 37.0 Å². The van der Waals surface area contributed by atoms with Crippen LogP contribution in [0.25, 0.3) is 0 Å². The Morgan fingerprint density at radius 3 is 3.17 bits per heavy atom. The molecule has 126 valence electrons. The van der Waals surface area contributed by atoms with E-state index in [0.717, 1.165) is 31.4 Å². The first-order valence-corrected chi connectivity index (χ1v) is 8.26. The molecule has 0 N–H and O–H groups in total. The number of hydrogen-bond acceptors (Lipinski definition) is 3. The topological polar surface area (TPSA) is 38.8 Å². The Bertz CT molecular complexity index is 561. The molecule has 0 spiro atoms. The normalized spacial score (nSPS) is 27.6. The summed E-state index contributed by atoms with van der Waals surface area (Å²) in [4.78, 5) is 14.5. The third-order valence-corrected chi connectivity index (χ3v) is 5.02. The summed E-state index contributed by atoms with van der Waals surface area (Å²) < 4.78 is 24.7. The lowest BCUT2D eigenvalue weighted by atomic mass is 9.73. The number of rotatable bonds is 4. The number of piperidine rings is 1. The number of amides is 1. The van der Waals surface area contributed by atoms with Crippen LogP contribution in [0.1, 0.15) is 24.8 Å². The average Bonchev–Trinajstić information content (AvgIpc) is 2.54. The monoisotopic (exact) mass is 321 g/mol. The molecule has 1 aromatic rings. The van der Waals surface area contributed by atoms with Crippen LogP contribution in [0.3, 0.4) is 0 Å². The molecule has 2 aliphatic heterocycles. The van der Waals surface area contributed by atoms with Crippen LogP contribution >= 0.6 is 0 Å². The average molecular weight is 321 g/mol. The van der Waals surface area contributed by atoms with Crippen LogP contribution in [0.2, 0.25) is 0 Å². The van der Waals surface area contributed by atoms with Crippen LogP contribution in [-0.4, -0.2) is 50.3 Å². The number of methoxy groups -OCH3 is 1. The fourth-order valence-electron chi connectivity index (χ4n) is 3.93. The largest absolute Gasteiger partial charge is 0.384 e. The summed E-state index contributed by atoms with van der Waals surface area (Å²) in [6.45, 7) is 2.78. The number of carbonyl (C=O) groups is 1. The molecular formula is C18H24FNO3. The summed E-state index contributed by atoms with van der Waals surface area (Å²) in [5, 5.41) is 0. The lowest BCUT2D eigenvalue weighted by molar-refractivity contribution is -0.161. The van der Waals surface area contributed by atoms with Gasteiger partial charge < -0.3 is 14.4 Å². The Morgan fingerprint density at radius 2 is 2.39 bits per heavy atom. The molecular weight excluding hydrogens is 297 g/mol. The van der Waals surface area contributed by atoms with Gasteiger partial charge in [0.2, 0.25) is 5.91 Å². The van der Waals surface area contributed by atoms with E-state index in [9.17, 15) is 9.18 Å². The van der Waals surface area contributed by atoms with Crippen molar-refractivity contribution in [3.05, 3.63) is 35.6 Å². The van der Waals surface area contributed by atoms with Gasteiger partial charge in [-0.2, -0.15) is 0 Å². The first-order valence-electron chi connectivity index (χ1n) is 8.26. The Balaban J connectivity index is 1.69. The predicted octanol–water partition coefficient (Wildman–Crippen LogP) is 2.41.